The molecule has 19 heavy (non-hydrogen) atoms. The number of benzene rings is 2. The van der Waals surface area contributed by atoms with E-state index in [1.165, 1.54) is 0 Å². The fourth-order valence-electron chi connectivity index (χ4n) is 1.80. The highest BCUT2D eigenvalue weighted by molar-refractivity contribution is 5.61. The fraction of sp³-hybridized carbons (Fsp3) is 0.125. The van der Waals surface area contributed by atoms with E-state index in [0.717, 1.165) is 11.1 Å². The largest absolute Gasteiger partial charge is 0.509 e. The molecule has 0 saturated heterocycles. The summed E-state index contributed by atoms with van der Waals surface area (Å²) in [5.41, 5.74) is 1.80. The van der Waals surface area contributed by atoms with Crippen LogP contribution in [0.5, 0.6) is 0 Å². The van der Waals surface area contributed by atoms with Crippen LogP contribution in [0.2, 0.25) is 0 Å². The molecule has 0 spiro atoms. The van der Waals surface area contributed by atoms with E-state index in [0.29, 0.717) is 0 Å². The Morgan fingerprint density at radius 1 is 0.947 bits per heavy atom. The molecular weight excluding hydrogens is 240 g/mol. The Labute approximate surface area is 112 Å². The number of carbonyl (C=O) groups is 1. The van der Waals surface area contributed by atoms with Crippen LogP contribution in [-0.4, -0.2) is 12.8 Å². The number of hydrogen-bond acceptors (Lipinski definition) is 3. The molecule has 0 atom stereocenters. The van der Waals surface area contributed by atoms with Crippen molar-refractivity contribution in [1.29, 1.82) is 0 Å². The van der Waals surface area contributed by atoms with E-state index in [1.807, 2.05) is 60.7 Å². The lowest BCUT2D eigenvalue weighted by molar-refractivity contribution is 0.0412. The molecular formula is C16H15O3. The normalized spacial score (nSPS) is 10.2. The van der Waals surface area contributed by atoms with Gasteiger partial charge in [0, 0.05) is 0 Å². The first-order chi connectivity index (χ1) is 9.31. The first kappa shape index (κ1) is 13.1. The number of ether oxygens (including phenoxy) is 2. The molecule has 3 nitrogen and oxygen atoms in total. The molecule has 0 heterocycles. The molecule has 3 heteroatoms. The van der Waals surface area contributed by atoms with E-state index >= 15 is 0 Å². The summed E-state index contributed by atoms with van der Waals surface area (Å²) in [6, 6.07) is 19.1. The van der Waals surface area contributed by atoms with Crippen molar-refractivity contribution in [2.45, 2.75) is 6.10 Å². The third-order valence-electron chi connectivity index (χ3n) is 2.64. The second-order valence-corrected chi connectivity index (χ2v) is 3.92. The molecule has 0 N–H and O–H groups in total. The van der Waals surface area contributed by atoms with Crippen molar-refractivity contribution in [3.8, 4) is 0 Å². The van der Waals surface area contributed by atoms with Gasteiger partial charge in [0.05, 0.1) is 6.61 Å². The minimum absolute atomic E-state index is 0.0507. The van der Waals surface area contributed by atoms with Crippen LogP contribution in [0.15, 0.2) is 60.7 Å². The van der Waals surface area contributed by atoms with Gasteiger partial charge in [-0.3, -0.25) is 0 Å². The molecule has 1 radical (unpaired) electrons. The Hall–Kier alpha value is -2.29. The SMILES string of the molecule is [CH2]COC(=O)OC(c1ccccc1)c1ccccc1. The van der Waals surface area contributed by atoms with Gasteiger partial charge >= 0.3 is 6.16 Å². The Bertz CT molecular complexity index is 469. The average Bonchev–Trinajstić information content (AvgIpc) is 2.47. The second kappa shape index (κ2) is 6.59. The van der Waals surface area contributed by atoms with E-state index in [4.69, 9.17) is 9.47 Å². The maximum absolute atomic E-state index is 11.5. The van der Waals surface area contributed by atoms with Crippen LogP contribution in [0, 0.1) is 6.92 Å². The van der Waals surface area contributed by atoms with Crippen molar-refractivity contribution in [3.63, 3.8) is 0 Å². The molecule has 0 saturated carbocycles. The van der Waals surface area contributed by atoms with Crippen LogP contribution in [0.1, 0.15) is 17.2 Å². The predicted molar refractivity (Wildman–Crippen MR) is 72.5 cm³/mol. The highest BCUT2D eigenvalue weighted by Crippen LogP contribution is 2.26. The van der Waals surface area contributed by atoms with Crippen molar-refractivity contribution in [2.24, 2.45) is 0 Å². The van der Waals surface area contributed by atoms with Gasteiger partial charge in [-0.1, -0.05) is 60.7 Å². The molecule has 2 aromatic carbocycles. The van der Waals surface area contributed by atoms with Gasteiger partial charge in [-0.05, 0) is 18.1 Å². The lowest BCUT2D eigenvalue weighted by Crippen LogP contribution is -2.14. The summed E-state index contributed by atoms with van der Waals surface area (Å²) in [5, 5.41) is 0. The number of carbonyl (C=O) groups excluding carboxylic acids is 1. The lowest BCUT2D eigenvalue weighted by atomic mass is 10.0. The van der Waals surface area contributed by atoms with E-state index in [-0.39, 0.29) is 6.61 Å². The van der Waals surface area contributed by atoms with Gasteiger partial charge in [-0.2, -0.15) is 0 Å². The standard InChI is InChI=1S/C16H15O3/c1-2-18-16(17)19-15(13-9-5-3-6-10-13)14-11-7-4-8-12-14/h3-12,15H,1-2H2. The molecule has 0 amide bonds. The third kappa shape index (κ3) is 3.58. The van der Waals surface area contributed by atoms with Gasteiger partial charge in [0.25, 0.3) is 0 Å². The quantitative estimate of drug-likeness (QED) is 0.780. The Kier molecular flexibility index (Phi) is 4.56. The summed E-state index contributed by atoms with van der Waals surface area (Å²) in [5.74, 6) is 0. The van der Waals surface area contributed by atoms with Gasteiger partial charge in [0.15, 0.2) is 6.10 Å². The Balaban J connectivity index is 2.26. The maximum Gasteiger partial charge on any atom is 0.509 e. The highest BCUT2D eigenvalue weighted by Gasteiger charge is 2.19. The smallest absolute Gasteiger partial charge is 0.434 e. The van der Waals surface area contributed by atoms with Crippen LogP contribution < -0.4 is 0 Å². The van der Waals surface area contributed by atoms with Crippen LogP contribution in [-0.2, 0) is 9.47 Å². The zero-order valence-electron chi connectivity index (χ0n) is 10.5. The Morgan fingerprint density at radius 2 is 1.42 bits per heavy atom. The molecule has 0 bridgehead atoms. The van der Waals surface area contributed by atoms with Crippen LogP contribution >= 0.6 is 0 Å². The third-order valence-corrected chi connectivity index (χ3v) is 2.64. The molecule has 0 aliphatic rings. The fourth-order valence-corrected chi connectivity index (χ4v) is 1.80. The van der Waals surface area contributed by atoms with Crippen molar-refractivity contribution in [2.75, 3.05) is 6.61 Å². The summed E-state index contributed by atoms with van der Waals surface area (Å²) in [6.45, 7) is 3.51. The van der Waals surface area contributed by atoms with Gasteiger partial charge in [0.1, 0.15) is 0 Å². The van der Waals surface area contributed by atoms with Crippen molar-refractivity contribution < 1.29 is 14.3 Å². The summed E-state index contributed by atoms with van der Waals surface area (Å²) >= 11 is 0. The lowest BCUT2D eigenvalue weighted by Gasteiger charge is -2.18. The minimum atomic E-state index is -0.715. The molecule has 97 valence electrons. The number of rotatable bonds is 4. The molecule has 0 aliphatic heterocycles. The van der Waals surface area contributed by atoms with E-state index in [1.54, 1.807) is 0 Å². The van der Waals surface area contributed by atoms with Gasteiger partial charge in [-0.15, -0.1) is 0 Å². The number of hydrogen-bond donors (Lipinski definition) is 0. The molecule has 0 aliphatic carbocycles. The van der Waals surface area contributed by atoms with Crippen molar-refractivity contribution in [3.05, 3.63) is 78.7 Å². The summed E-state index contributed by atoms with van der Waals surface area (Å²) in [7, 11) is 0. The Morgan fingerprint density at radius 3 is 1.84 bits per heavy atom. The van der Waals surface area contributed by atoms with E-state index in [2.05, 4.69) is 6.92 Å². The van der Waals surface area contributed by atoms with Gasteiger partial charge in [-0.25, -0.2) is 4.79 Å². The van der Waals surface area contributed by atoms with Crippen LogP contribution in [0.4, 0.5) is 4.79 Å². The predicted octanol–water partition coefficient (Wildman–Crippen LogP) is 3.76. The van der Waals surface area contributed by atoms with Crippen LogP contribution in [0.25, 0.3) is 0 Å². The zero-order valence-corrected chi connectivity index (χ0v) is 10.5. The molecule has 0 aromatic heterocycles. The monoisotopic (exact) mass is 255 g/mol. The van der Waals surface area contributed by atoms with Crippen molar-refractivity contribution >= 4 is 6.16 Å². The topological polar surface area (TPSA) is 35.5 Å². The highest BCUT2D eigenvalue weighted by atomic mass is 16.7. The van der Waals surface area contributed by atoms with Crippen molar-refractivity contribution in [1.82, 2.24) is 0 Å². The minimum Gasteiger partial charge on any atom is -0.434 e. The van der Waals surface area contributed by atoms with Crippen LogP contribution in [0.3, 0.4) is 0 Å². The summed E-state index contributed by atoms with van der Waals surface area (Å²) in [6.07, 6.45) is -1.19. The maximum atomic E-state index is 11.5. The molecule has 2 rings (SSSR count). The first-order valence-electron chi connectivity index (χ1n) is 6.04. The molecule has 2 aromatic rings. The molecule has 0 unspecified atom stereocenters. The zero-order chi connectivity index (χ0) is 13.5. The summed E-state index contributed by atoms with van der Waals surface area (Å²) in [4.78, 5) is 11.5. The first-order valence-corrected chi connectivity index (χ1v) is 6.04. The van der Waals surface area contributed by atoms with E-state index < -0.39 is 12.3 Å². The van der Waals surface area contributed by atoms with E-state index in [9.17, 15) is 4.79 Å². The van der Waals surface area contributed by atoms with Gasteiger partial charge < -0.3 is 9.47 Å². The van der Waals surface area contributed by atoms with Gasteiger partial charge in [0.2, 0.25) is 0 Å². The summed E-state index contributed by atoms with van der Waals surface area (Å²) < 4.78 is 10.1. The molecule has 0 fully saturated rings. The second-order valence-electron chi connectivity index (χ2n) is 3.92. The average molecular weight is 255 g/mol.